The molecule has 9 atom stereocenters. The Morgan fingerprint density at radius 2 is 1.93 bits per heavy atom. The predicted octanol–water partition coefficient (Wildman–Crippen LogP) is 5.57. The van der Waals surface area contributed by atoms with E-state index in [-0.39, 0.29) is 6.10 Å². The summed E-state index contributed by atoms with van der Waals surface area (Å²) in [5, 5.41) is 11.1. The second-order valence-corrected chi connectivity index (χ2v) is 11.9. The van der Waals surface area contributed by atoms with Gasteiger partial charge in [0, 0.05) is 18.6 Å². The van der Waals surface area contributed by atoms with Gasteiger partial charge in [0.15, 0.2) is 11.5 Å². The van der Waals surface area contributed by atoms with Gasteiger partial charge in [0.05, 0.1) is 6.10 Å². The molecular formula is C27H39NO2. The summed E-state index contributed by atoms with van der Waals surface area (Å²) in [5.74, 6) is 5.75. The van der Waals surface area contributed by atoms with Crippen molar-refractivity contribution in [3.63, 3.8) is 0 Å². The summed E-state index contributed by atoms with van der Waals surface area (Å²) in [6.45, 7) is 11.1. The molecule has 3 aliphatic heterocycles. The van der Waals surface area contributed by atoms with Crippen LogP contribution >= 0.6 is 0 Å². The molecule has 2 saturated carbocycles. The molecule has 1 aromatic rings. The average molecular weight is 410 g/mol. The highest BCUT2D eigenvalue weighted by Crippen LogP contribution is 2.65. The number of aryl methyl sites for hydroxylation is 2. The van der Waals surface area contributed by atoms with Crippen molar-refractivity contribution in [3.8, 4) is 11.5 Å². The Hall–Kier alpha value is -1.06. The van der Waals surface area contributed by atoms with Gasteiger partial charge in [-0.05, 0) is 110 Å². The molecule has 4 fully saturated rings. The second kappa shape index (κ2) is 6.72. The Kier molecular flexibility index (Phi) is 4.39. The number of hydrogen-bond donors (Lipinski definition) is 1. The van der Waals surface area contributed by atoms with Crippen LogP contribution in [-0.2, 0) is 6.42 Å². The smallest absolute Gasteiger partial charge is 0.170 e. The van der Waals surface area contributed by atoms with Crippen molar-refractivity contribution in [1.29, 1.82) is 0 Å². The molecule has 3 heterocycles. The second-order valence-electron chi connectivity index (χ2n) is 11.9. The summed E-state index contributed by atoms with van der Waals surface area (Å²) in [6.07, 6.45) is 8.44. The van der Waals surface area contributed by atoms with Crippen LogP contribution in [0.1, 0.15) is 70.4 Å². The van der Waals surface area contributed by atoms with Crippen molar-refractivity contribution in [2.24, 2.45) is 35.0 Å². The molecule has 2 aliphatic carbocycles. The molecule has 5 aliphatic rings. The van der Waals surface area contributed by atoms with Gasteiger partial charge >= 0.3 is 0 Å². The Bertz CT molecular complexity index is 852. The molecule has 3 nitrogen and oxygen atoms in total. The minimum atomic E-state index is -0.117. The summed E-state index contributed by atoms with van der Waals surface area (Å²) in [6, 6.07) is 6.01. The molecule has 0 radical (unpaired) electrons. The van der Waals surface area contributed by atoms with Crippen LogP contribution in [0.15, 0.2) is 12.1 Å². The fourth-order valence-corrected chi connectivity index (χ4v) is 8.85. The number of aliphatic hydroxyl groups is 1. The van der Waals surface area contributed by atoms with Gasteiger partial charge in [-0.1, -0.05) is 20.8 Å². The van der Waals surface area contributed by atoms with E-state index in [1.165, 1.54) is 43.4 Å². The lowest BCUT2D eigenvalue weighted by Gasteiger charge is -2.49. The Morgan fingerprint density at radius 3 is 2.77 bits per heavy atom. The van der Waals surface area contributed by atoms with Gasteiger partial charge in [-0.25, -0.2) is 0 Å². The first-order valence-electron chi connectivity index (χ1n) is 12.6. The van der Waals surface area contributed by atoms with Crippen LogP contribution in [0, 0.1) is 41.9 Å². The van der Waals surface area contributed by atoms with Crippen LogP contribution in [0.2, 0.25) is 0 Å². The third-order valence-corrected chi connectivity index (χ3v) is 10.3. The van der Waals surface area contributed by atoms with Gasteiger partial charge in [0.1, 0.15) is 0 Å². The van der Waals surface area contributed by atoms with E-state index in [1.807, 2.05) is 0 Å². The van der Waals surface area contributed by atoms with Gasteiger partial charge in [-0.2, -0.15) is 0 Å². The highest BCUT2D eigenvalue weighted by atomic mass is 16.6. The zero-order valence-corrected chi connectivity index (χ0v) is 19.2. The SMILES string of the molecule is Cc1cc2c(cc1CC[C@@H]1[C@@H](O)CC[C@]3(C)[C@H]4[C@H](C)[C@H]5CC[C@H](C)CN5[C@H]4C[C@@H]13)O2. The first-order valence-corrected chi connectivity index (χ1v) is 12.6. The summed E-state index contributed by atoms with van der Waals surface area (Å²) >= 11 is 0. The highest BCUT2D eigenvalue weighted by molar-refractivity contribution is 5.58. The zero-order valence-electron chi connectivity index (χ0n) is 19.2. The molecule has 0 aromatic heterocycles. The molecule has 3 heteroatoms. The van der Waals surface area contributed by atoms with Crippen molar-refractivity contribution < 1.29 is 9.84 Å². The summed E-state index contributed by atoms with van der Waals surface area (Å²) in [7, 11) is 0. The maximum Gasteiger partial charge on any atom is 0.170 e. The van der Waals surface area contributed by atoms with Crippen LogP contribution in [0.25, 0.3) is 0 Å². The third kappa shape index (κ3) is 2.77. The third-order valence-electron chi connectivity index (χ3n) is 10.3. The number of fused-ring (bicyclic) bond motifs is 6. The minimum absolute atomic E-state index is 0.117. The van der Waals surface area contributed by atoms with E-state index < -0.39 is 0 Å². The fraction of sp³-hybridized carbons (Fsp3) is 0.778. The molecule has 1 N–H and O–H groups in total. The molecule has 0 bridgehead atoms. The van der Waals surface area contributed by atoms with Gasteiger partial charge in [0.2, 0.25) is 0 Å². The topological polar surface area (TPSA) is 36.0 Å². The zero-order chi connectivity index (χ0) is 20.8. The maximum atomic E-state index is 11.1. The first-order chi connectivity index (χ1) is 14.4. The Morgan fingerprint density at radius 1 is 1.13 bits per heavy atom. The molecular weight excluding hydrogens is 370 g/mol. The number of piperidine rings is 1. The highest BCUT2D eigenvalue weighted by Gasteiger charge is 2.64. The number of benzene rings is 1. The van der Waals surface area contributed by atoms with E-state index in [2.05, 4.69) is 44.7 Å². The van der Waals surface area contributed by atoms with Crippen molar-refractivity contribution in [2.45, 2.75) is 90.8 Å². The quantitative estimate of drug-likeness (QED) is 0.674. The number of aliphatic hydroxyl groups excluding tert-OH is 1. The normalized spacial score (nSPS) is 46.6. The largest absolute Gasteiger partial charge is 0.449 e. The van der Waals surface area contributed by atoms with Gasteiger partial charge in [0.25, 0.3) is 0 Å². The average Bonchev–Trinajstić information content (AvgIpc) is 3.31. The molecule has 0 unspecified atom stereocenters. The standard InChI is InChI=1S/C27H39NO2/c1-15-5-8-21-17(3)26-22(28(21)14-15)13-20-19(23(29)9-10-27(20,26)4)7-6-18-12-25-24(30-25)11-16(18)2/h11-12,15,17,19-23,26,29H,5-10,13-14H2,1-4H3/t15-,17+,19-,20-,21+,22-,23-,26-,27-/m0/s1. The molecule has 1 aromatic carbocycles. The molecule has 0 amide bonds. The molecule has 6 rings (SSSR count). The van der Waals surface area contributed by atoms with Crippen LogP contribution in [0.4, 0.5) is 0 Å². The van der Waals surface area contributed by atoms with E-state index in [9.17, 15) is 5.11 Å². The predicted molar refractivity (Wildman–Crippen MR) is 120 cm³/mol. The summed E-state index contributed by atoms with van der Waals surface area (Å²) in [4.78, 5) is 2.94. The van der Waals surface area contributed by atoms with Gasteiger partial charge in [-0.15, -0.1) is 0 Å². The van der Waals surface area contributed by atoms with Crippen LogP contribution < -0.4 is 4.74 Å². The van der Waals surface area contributed by atoms with Crippen LogP contribution in [0.5, 0.6) is 11.5 Å². The summed E-state index contributed by atoms with van der Waals surface area (Å²) in [5.41, 5.74) is 3.18. The van der Waals surface area contributed by atoms with E-state index >= 15 is 0 Å². The monoisotopic (exact) mass is 409 g/mol. The van der Waals surface area contributed by atoms with Gasteiger partial charge in [-0.3, -0.25) is 4.90 Å². The molecule has 30 heavy (non-hydrogen) atoms. The Labute approximate surface area is 182 Å². The molecule has 2 saturated heterocycles. The molecule has 0 spiro atoms. The minimum Gasteiger partial charge on any atom is -0.449 e. The van der Waals surface area contributed by atoms with Crippen LogP contribution in [-0.4, -0.2) is 34.7 Å². The van der Waals surface area contributed by atoms with Crippen molar-refractivity contribution in [1.82, 2.24) is 4.90 Å². The number of hydrogen-bond acceptors (Lipinski definition) is 3. The van der Waals surface area contributed by atoms with Crippen LogP contribution in [0.3, 0.4) is 0 Å². The van der Waals surface area contributed by atoms with Gasteiger partial charge < -0.3 is 9.84 Å². The number of ether oxygens (including phenoxy) is 1. The first kappa shape index (κ1) is 19.6. The lowest BCUT2D eigenvalue weighted by atomic mass is 9.57. The number of rotatable bonds is 3. The van der Waals surface area contributed by atoms with E-state index in [1.54, 1.807) is 0 Å². The van der Waals surface area contributed by atoms with Crippen molar-refractivity contribution >= 4 is 0 Å². The number of nitrogens with zero attached hydrogens (tertiary/aromatic N) is 1. The van der Waals surface area contributed by atoms with E-state index in [4.69, 9.17) is 4.74 Å². The van der Waals surface area contributed by atoms with Crippen molar-refractivity contribution in [2.75, 3.05) is 6.54 Å². The van der Waals surface area contributed by atoms with Crippen molar-refractivity contribution in [3.05, 3.63) is 23.3 Å². The van der Waals surface area contributed by atoms with E-state index in [0.29, 0.717) is 17.3 Å². The van der Waals surface area contributed by atoms with E-state index in [0.717, 1.165) is 60.6 Å². The fourth-order valence-electron chi connectivity index (χ4n) is 8.85. The summed E-state index contributed by atoms with van der Waals surface area (Å²) < 4.78 is 5.52. The maximum absolute atomic E-state index is 11.1. The lowest BCUT2D eigenvalue weighted by Crippen LogP contribution is -2.47. The lowest BCUT2D eigenvalue weighted by molar-refractivity contribution is -0.0530. The molecule has 164 valence electrons. The Balaban J connectivity index is 1.25.